The number of aryl methyl sites for hydroxylation is 1. The highest BCUT2D eigenvalue weighted by atomic mass is 35.5. The molecule has 1 saturated heterocycles. The Labute approximate surface area is 251 Å². The summed E-state index contributed by atoms with van der Waals surface area (Å²) >= 11 is 6.73. The third-order valence-corrected chi connectivity index (χ3v) is 9.70. The van der Waals surface area contributed by atoms with Crippen molar-refractivity contribution in [2.75, 3.05) is 33.4 Å². The SMILES string of the molecule is COCCc1c(COc2ccc(Cl)c3c2[C@@H](CN2CCCC2=O)N(C(=O)C2CCCCC2(C)C(=O)O)CC3)nnn1C. The number of aromatic nitrogens is 3. The summed E-state index contributed by atoms with van der Waals surface area (Å²) in [4.78, 5) is 43.1. The molecule has 1 aromatic heterocycles. The van der Waals surface area contributed by atoms with Crippen LogP contribution in [0.5, 0.6) is 5.75 Å². The number of aliphatic carboxylic acids is 1. The van der Waals surface area contributed by atoms with Gasteiger partial charge in [-0.25, -0.2) is 0 Å². The summed E-state index contributed by atoms with van der Waals surface area (Å²) in [6.07, 6.45) is 4.95. The lowest BCUT2D eigenvalue weighted by atomic mass is 9.66. The van der Waals surface area contributed by atoms with Gasteiger partial charge in [0.2, 0.25) is 11.8 Å². The molecule has 1 aliphatic carbocycles. The number of benzene rings is 1. The van der Waals surface area contributed by atoms with Crippen molar-refractivity contribution >= 4 is 29.4 Å². The number of rotatable bonds is 10. The predicted molar refractivity (Wildman–Crippen MR) is 154 cm³/mol. The van der Waals surface area contributed by atoms with E-state index in [1.165, 1.54) is 0 Å². The molecule has 228 valence electrons. The third kappa shape index (κ3) is 5.73. The van der Waals surface area contributed by atoms with E-state index in [2.05, 4.69) is 10.3 Å². The number of halogens is 1. The van der Waals surface area contributed by atoms with Crippen LogP contribution in [0, 0.1) is 11.3 Å². The van der Waals surface area contributed by atoms with Gasteiger partial charge >= 0.3 is 5.97 Å². The van der Waals surface area contributed by atoms with Crippen molar-refractivity contribution in [3.63, 3.8) is 0 Å². The smallest absolute Gasteiger partial charge is 0.310 e. The zero-order valence-electron chi connectivity index (χ0n) is 24.6. The second-order valence-electron chi connectivity index (χ2n) is 11.8. The van der Waals surface area contributed by atoms with Gasteiger partial charge < -0.3 is 24.4 Å². The number of carbonyl (C=O) groups excluding carboxylic acids is 2. The van der Waals surface area contributed by atoms with Gasteiger partial charge in [0, 0.05) is 57.2 Å². The molecule has 2 fully saturated rings. The van der Waals surface area contributed by atoms with Crippen LogP contribution < -0.4 is 4.74 Å². The van der Waals surface area contributed by atoms with Crippen molar-refractivity contribution in [2.24, 2.45) is 18.4 Å². The molecule has 5 rings (SSSR count). The van der Waals surface area contributed by atoms with E-state index in [9.17, 15) is 19.5 Å². The summed E-state index contributed by atoms with van der Waals surface area (Å²) in [6, 6.07) is 3.09. The minimum atomic E-state index is -1.14. The number of hydrogen-bond acceptors (Lipinski definition) is 7. The number of fused-ring (bicyclic) bond motifs is 1. The first-order chi connectivity index (χ1) is 20.2. The molecule has 3 heterocycles. The van der Waals surface area contributed by atoms with E-state index in [4.69, 9.17) is 21.1 Å². The highest BCUT2D eigenvalue weighted by Crippen LogP contribution is 2.46. The van der Waals surface area contributed by atoms with Crippen molar-refractivity contribution in [3.8, 4) is 5.75 Å². The second kappa shape index (κ2) is 12.6. The second-order valence-corrected chi connectivity index (χ2v) is 12.2. The van der Waals surface area contributed by atoms with Crippen LogP contribution in [0.1, 0.15) is 74.0 Å². The number of hydrogen-bond donors (Lipinski definition) is 1. The van der Waals surface area contributed by atoms with Gasteiger partial charge in [0.15, 0.2) is 0 Å². The van der Waals surface area contributed by atoms with Gasteiger partial charge in [-0.2, -0.15) is 0 Å². The van der Waals surface area contributed by atoms with Crippen LogP contribution in [0.3, 0.4) is 0 Å². The Morgan fingerprint density at radius 2 is 2.00 bits per heavy atom. The first kappa shape index (κ1) is 30.3. The van der Waals surface area contributed by atoms with Crippen LogP contribution in [0.2, 0.25) is 5.02 Å². The first-order valence-corrected chi connectivity index (χ1v) is 15.2. The van der Waals surface area contributed by atoms with Crippen molar-refractivity contribution < 1.29 is 29.0 Å². The molecule has 2 aliphatic heterocycles. The number of nitrogens with zero attached hydrogens (tertiary/aromatic N) is 5. The number of carboxylic acids is 1. The lowest BCUT2D eigenvalue weighted by molar-refractivity contribution is -0.162. The number of carbonyl (C=O) groups is 3. The topological polar surface area (TPSA) is 127 Å². The van der Waals surface area contributed by atoms with Gasteiger partial charge in [0.1, 0.15) is 18.1 Å². The lowest BCUT2D eigenvalue weighted by Crippen LogP contribution is -2.52. The monoisotopic (exact) mass is 601 g/mol. The summed E-state index contributed by atoms with van der Waals surface area (Å²) in [6.45, 7) is 3.67. The number of likely N-dealkylation sites (tertiary alicyclic amines) is 1. The molecule has 1 aromatic carbocycles. The fourth-order valence-electron chi connectivity index (χ4n) is 6.83. The molecule has 0 radical (unpaired) electrons. The third-order valence-electron chi connectivity index (χ3n) is 9.35. The maximum absolute atomic E-state index is 14.3. The number of ether oxygens (including phenoxy) is 2. The van der Waals surface area contributed by atoms with E-state index in [1.807, 2.05) is 7.05 Å². The summed E-state index contributed by atoms with van der Waals surface area (Å²) < 4.78 is 13.4. The molecular formula is C30H40ClN5O6. The molecule has 3 aliphatic rings. The van der Waals surface area contributed by atoms with Crippen LogP contribution in [0.4, 0.5) is 0 Å². The van der Waals surface area contributed by atoms with Crippen molar-refractivity contribution in [1.29, 1.82) is 0 Å². The van der Waals surface area contributed by atoms with Crippen LogP contribution >= 0.6 is 11.6 Å². The minimum absolute atomic E-state index is 0.0504. The van der Waals surface area contributed by atoms with E-state index in [1.54, 1.807) is 40.6 Å². The average Bonchev–Trinajstić information content (AvgIpc) is 3.55. The molecular weight excluding hydrogens is 562 g/mol. The van der Waals surface area contributed by atoms with Crippen LogP contribution in [-0.2, 0) is 45.6 Å². The number of methoxy groups -OCH3 is 1. The normalized spacial score (nSPS) is 24.1. The van der Waals surface area contributed by atoms with E-state index in [0.29, 0.717) is 74.8 Å². The van der Waals surface area contributed by atoms with E-state index < -0.39 is 23.3 Å². The Morgan fingerprint density at radius 3 is 2.71 bits per heavy atom. The molecule has 12 heteroatoms. The van der Waals surface area contributed by atoms with E-state index in [-0.39, 0.29) is 18.4 Å². The first-order valence-electron chi connectivity index (χ1n) is 14.8. The molecule has 11 nitrogen and oxygen atoms in total. The van der Waals surface area contributed by atoms with Gasteiger partial charge in [-0.15, -0.1) is 5.10 Å². The van der Waals surface area contributed by atoms with Crippen LogP contribution in [-0.4, -0.2) is 81.0 Å². The van der Waals surface area contributed by atoms with Crippen molar-refractivity contribution in [1.82, 2.24) is 24.8 Å². The Hall–Kier alpha value is -3.18. The standard InChI is InChI=1S/C30H40ClN5O6/c1-30(29(39)40)13-5-4-7-20(30)28(38)36-15-11-19-21(31)9-10-25(27(19)24(36)17-35-14-6-8-26(35)37)42-18-22-23(12-16-41-3)34(2)33-32-22/h9-10,20,24H,4-8,11-18H2,1-3H3,(H,39,40)/t20?,24-,30?/m1/s1. The molecule has 42 heavy (non-hydrogen) atoms. The Morgan fingerprint density at radius 1 is 1.19 bits per heavy atom. The summed E-state index contributed by atoms with van der Waals surface area (Å²) in [7, 11) is 3.47. The zero-order valence-corrected chi connectivity index (χ0v) is 25.4. The summed E-state index contributed by atoms with van der Waals surface area (Å²) in [5.74, 6) is -1.15. The summed E-state index contributed by atoms with van der Waals surface area (Å²) in [5.41, 5.74) is 2.12. The van der Waals surface area contributed by atoms with Crippen LogP contribution in [0.25, 0.3) is 0 Å². The molecule has 2 aromatic rings. The number of amides is 2. The zero-order chi connectivity index (χ0) is 30.0. The minimum Gasteiger partial charge on any atom is -0.487 e. The molecule has 0 spiro atoms. The van der Waals surface area contributed by atoms with E-state index >= 15 is 0 Å². The lowest BCUT2D eigenvalue weighted by Gasteiger charge is -2.45. The molecule has 3 atom stereocenters. The Bertz CT molecular complexity index is 1350. The van der Waals surface area contributed by atoms with Gasteiger partial charge in [0.25, 0.3) is 0 Å². The number of carboxylic acid groups (broad SMARTS) is 1. The predicted octanol–water partition coefficient (Wildman–Crippen LogP) is 3.57. The fraction of sp³-hybridized carbons (Fsp3) is 0.633. The molecule has 1 N–H and O–H groups in total. The van der Waals surface area contributed by atoms with Crippen molar-refractivity contribution in [2.45, 2.75) is 70.9 Å². The van der Waals surface area contributed by atoms with Gasteiger partial charge in [-0.1, -0.05) is 29.7 Å². The van der Waals surface area contributed by atoms with E-state index in [0.717, 1.165) is 36.1 Å². The Balaban J connectivity index is 1.51. The van der Waals surface area contributed by atoms with Gasteiger partial charge in [-0.3, -0.25) is 19.1 Å². The van der Waals surface area contributed by atoms with Gasteiger partial charge in [-0.05, 0) is 50.3 Å². The average molecular weight is 602 g/mol. The Kier molecular flexibility index (Phi) is 9.08. The molecule has 2 amide bonds. The molecule has 0 bridgehead atoms. The fourth-order valence-corrected chi connectivity index (χ4v) is 7.09. The molecule has 2 unspecified atom stereocenters. The summed E-state index contributed by atoms with van der Waals surface area (Å²) in [5, 5.41) is 19.2. The molecule has 1 saturated carbocycles. The van der Waals surface area contributed by atoms with Gasteiger partial charge in [0.05, 0.1) is 29.7 Å². The maximum Gasteiger partial charge on any atom is 0.310 e. The quantitative estimate of drug-likeness (QED) is 0.438. The van der Waals surface area contributed by atoms with Crippen LogP contribution in [0.15, 0.2) is 12.1 Å². The van der Waals surface area contributed by atoms with Crippen molar-refractivity contribution in [3.05, 3.63) is 39.7 Å². The highest BCUT2D eigenvalue weighted by Gasteiger charge is 2.50. The maximum atomic E-state index is 14.3. The highest BCUT2D eigenvalue weighted by molar-refractivity contribution is 6.31. The largest absolute Gasteiger partial charge is 0.487 e.